The maximum Gasteiger partial charge on any atom is 0.164 e. The Morgan fingerprint density at radius 3 is 2.67 bits per heavy atom. The Morgan fingerprint density at radius 2 is 2.00 bits per heavy atom. The smallest absolute Gasteiger partial charge is 0.164 e. The van der Waals surface area contributed by atoms with Crippen molar-refractivity contribution in [1.82, 2.24) is 0 Å². The molecule has 0 heterocycles. The average molecular weight is 312 g/mol. The zero-order valence-corrected chi connectivity index (χ0v) is 12.5. The molecule has 0 aliphatic carbocycles. The molecule has 2 nitrogen and oxygen atoms in total. The van der Waals surface area contributed by atoms with Gasteiger partial charge >= 0.3 is 0 Å². The third-order valence-electron chi connectivity index (χ3n) is 3.06. The summed E-state index contributed by atoms with van der Waals surface area (Å²) in [6, 6.07) is 8.95. The van der Waals surface area contributed by atoms with Gasteiger partial charge in [0.1, 0.15) is 5.75 Å². The van der Waals surface area contributed by atoms with E-state index in [1.54, 1.807) is 31.2 Å². The Kier molecular flexibility index (Phi) is 5.02. The molecular weight excluding hydrogens is 296 g/mol. The van der Waals surface area contributed by atoms with E-state index in [1.165, 1.54) is 6.07 Å². The van der Waals surface area contributed by atoms with Crippen molar-refractivity contribution >= 4 is 17.3 Å². The van der Waals surface area contributed by atoms with Crippen LogP contribution < -0.4 is 10.1 Å². The maximum atomic E-state index is 13.7. The first kappa shape index (κ1) is 15.6. The first-order valence-corrected chi connectivity index (χ1v) is 7.03. The molecule has 1 unspecified atom stereocenters. The van der Waals surface area contributed by atoms with Crippen molar-refractivity contribution in [2.24, 2.45) is 0 Å². The fourth-order valence-electron chi connectivity index (χ4n) is 2.05. The van der Waals surface area contributed by atoms with Gasteiger partial charge in [0.15, 0.2) is 11.6 Å². The maximum absolute atomic E-state index is 13.7. The lowest BCUT2D eigenvalue weighted by Crippen LogP contribution is -2.09. The normalized spacial score (nSPS) is 12.0. The van der Waals surface area contributed by atoms with Crippen LogP contribution in [0.4, 0.5) is 14.5 Å². The zero-order valence-electron chi connectivity index (χ0n) is 11.8. The fraction of sp³-hybridized carbons (Fsp3) is 0.250. The molecule has 0 saturated carbocycles. The van der Waals surface area contributed by atoms with Crippen LogP contribution in [-0.4, -0.2) is 6.61 Å². The second kappa shape index (κ2) is 6.76. The van der Waals surface area contributed by atoms with Crippen molar-refractivity contribution in [2.45, 2.75) is 19.9 Å². The van der Waals surface area contributed by atoms with Crippen molar-refractivity contribution < 1.29 is 13.5 Å². The molecule has 0 aromatic heterocycles. The van der Waals surface area contributed by atoms with Crippen molar-refractivity contribution in [1.29, 1.82) is 0 Å². The van der Waals surface area contributed by atoms with E-state index in [0.29, 0.717) is 23.1 Å². The molecule has 0 bridgehead atoms. The van der Waals surface area contributed by atoms with E-state index < -0.39 is 17.7 Å². The highest BCUT2D eigenvalue weighted by atomic mass is 35.5. The summed E-state index contributed by atoms with van der Waals surface area (Å²) in [7, 11) is 0. The Balaban J connectivity index is 2.18. The van der Waals surface area contributed by atoms with Gasteiger partial charge in [0.05, 0.1) is 17.7 Å². The topological polar surface area (TPSA) is 21.3 Å². The molecule has 2 rings (SSSR count). The monoisotopic (exact) mass is 311 g/mol. The Morgan fingerprint density at radius 1 is 1.24 bits per heavy atom. The van der Waals surface area contributed by atoms with Gasteiger partial charge in [-0.15, -0.1) is 0 Å². The highest BCUT2D eigenvalue weighted by molar-refractivity contribution is 6.32. The number of ether oxygens (including phenoxy) is 1. The fourth-order valence-corrected chi connectivity index (χ4v) is 2.28. The largest absolute Gasteiger partial charge is 0.492 e. The van der Waals surface area contributed by atoms with Crippen LogP contribution in [0.1, 0.15) is 25.5 Å². The van der Waals surface area contributed by atoms with Crippen LogP contribution in [0.2, 0.25) is 5.02 Å². The second-order valence-electron chi connectivity index (χ2n) is 4.59. The molecule has 2 aromatic carbocycles. The molecular formula is C16H16ClF2NO. The van der Waals surface area contributed by atoms with Crippen molar-refractivity contribution in [3.63, 3.8) is 0 Å². The van der Waals surface area contributed by atoms with E-state index in [2.05, 4.69) is 5.32 Å². The molecule has 0 aliphatic rings. The molecule has 112 valence electrons. The summed E-state index contributed by atoms with van der Waals surface area (Å²) in [5.41, 5.74) is 0.972. The number of rotatable bonds is 5. The van der Waals surface area contributed by atoms with Crippen LogP contribution in [0, 0.1) is 11.6 Å². The number of halogens is 3. The summed E-state index contributed by atoms with van der Waals surface area (Å²) in [6.07, 6.45) is 0. The van der Waals surface area contributed by atoms with E-state index in [9.17, 15) is 8.78 Å². The standard InChI is InChI=1S/C16H16ClF2NO/c1-3-21-15-8-7-11(9-13(15)17)20-10(2)12-5-4-6-14(18)16(12)19/h4-10,20H,3H2,1-2H3. The second-order valence-corrected chi connectivity index (χ2v) is 4.99. The van der Waals surface area contributed by atoms with Gasteiger partial charge in [-0.2, -0.15) is 0 Å². The lowest BCUT2D eigenvalue weighted by molar-refractivity contribution is 0.340. The van der Waals surface area contributed by atoms with Crippen LogP contribution in [-0.2, 0) is 0 Å². The minimum absolute atomic E-state index is 0.264. The van der Waals surface area contributed by atoms with Gasteiger partial charge in [-0.1, -0.05) is 23.7 Å². The lowest BCUT2D eigenvalue weighted by Gasteiger charge is -2.17. The number of anilines is 1. The molecule has 1 atom stereocenters. The van der Waals surface area contributed by atoms with Gasteiger partial charge in [-0.05, 0) is 38.1 Å². The minimum atomic E-state index is -0.856. The SMILES string of the molecule is CCOc1ccc(NC(C)c2cccc(F)c2F)cc1Cl. The number of hydrogen-bond donors (Lipinski definition) is 1. The van der Waals surface area contributed by atoms with E-state index in [4.69, 9.17) is 16.3 Å². The summed E-state index contributed by atoms with van der Waals surface area (Å²) >= 11 is 6.10. The molecule has 21 heavy (non-hydrogen) atoms. The third-order valence-corrected chi connectivity index (χ3v) is 3.36. The van der Waals surface area contributed by atoms with E-state index in [-0.39, 0.29) is 5.56 Å². The minimum Gasteiger partial charge on any atom is -0.492 e. The highest BCUT2D eigenvalue weighted by Crippen LogP contribution is 2.30. The highest BCUT2D eigenvalue weighted by Gasteiger charge is 2.14. The van der Waals surface area contributed by atoms with Crippen LogP contribution in [0.5, 0.6) is 5.75 Å². The van der Waals surface area contributed by atoms with Crippen LogP contribution in [0.3, 0.4) is 0 Å². The molecule has 2 aromatic rings. The van der Waals surface area contributed by atoms with Crippen LogP contribution in [0.15, 0.2) is 36.4 Å². The molecule has 0 aliphatic heterocycles. The first-order chi connectivity index (χ1) is 10.0. The predicted octanol–water partition coefficient (Wildman–Crippen LogP) is 5.19. The number of benzene rings is 2. The predicted molar refractivity (Wildman–Crippen MR) is 81.0 cm³/mol. The van der Waals surface area contributed by atoms with E-state index in [0.717, 1.165) is 6.07 Å². The molecule has 0 saturated heterocycles. The molecule has 1 N–H and O–H groups in total. The zero-order chi connectivity index (χ0) is 15.4. The van der Waals surface area contributed by atoms with E-state index >= 15 is 0 Å². The van der Waals surface area contributed by atoms with Gasteiger partial charge < -0.3 is 10.1 Å². The molecule has 0 fully saturated rings. The van der Waals surface area contributed by atoms with Gasteiger partial charge in [0.2, 0.25) is 0 Å². The molecule has 5 heteroatoms. The van der Waals surface area contributed by atoms with Gasteiger partial charge in [0, 0.05) is 11.3 Å². The summed E-state index contributed by atoms with van der Waals surface area (Å²) in [5.74, 6) is -1.10. The Bertz CT molecular complexity index is 634. The van der Waals surface area contributed by atoms with Crippen LogP contribution in [0.25, 0.3) is 0 Å². The average Bonchev–Trinajstić information content (AvgIpc) is 2.45. The number of nitrogens with one attached hydrogen (secondary N) is 1. The van der Waals surface area contributed by atoms with E-state index in [1.807, 2.05) is 6.92 Å². The summed E-state index contributed by atoms with van der Waals surface area (Å²) in [4.78, 5) is 0. The number of hydrogen-bond acceptors (Lipinski definition) is 2. The molecule has 0 radical (unpaired) electrons. The Labute approximate surface area is 127 Å². The lowest BCUT2D eigenvalue weighted by atomic mass is 10.1. The molecule has 0 spiro atoms. The van der Waals surface area contributed by atoms with Crippen LogP contribution >= 0.6 is 11.6 Å². The summed E-state index contributed by atoms with van der Waals surface area (Å²) < 4.78 is 32.3. The molecule has 0 amide bonds. The van der Waals surface area contributed by atoms with Crippen molar-refractivity contribution in [2.75, 3.05) is 11.9 Å². The quantitative estimate of drug-likeness (QED) is 0.820. The van der Waals surface area contributed by atoms with Crippen molar-refractivity contribution in [3.05, 3.63) is 58.6 Å². The van der Waals surface area contributed by atoms with Gasteiger partial charge in [0.25, 0.3) is 0 Å². The summed E-state index contributed by atoms with van der Waals surface area (Å²) in [5, 5.41) is 3.56. The van der Waals surface area contributed by atoms with Gasteiger partial charge in [-0.3, -0.25) is 0 Å². The van der Waals surface area contributed by atoms with Gasteiger partial charge in [-0.25, -0.2) is 8.78 Å². The van der Waals surface area contributed by atoms with Crippen molar-refractivity contribution in [3.8, 4) is 5.75 Å². The third kappa shape index (κ3) is 3.64. The summed E-state index contributed by atoms with van der Waals surface area (Å²) in [6.45, 7) is 4.15. The Hall–Kier alpha value is -1.81. The first-order valence-electron chi connectivity index (χ1n) is 6.65.